The molecule has 0 N–H and O–H groups in total. The van der Waals surface area contributed by atoms with Crippen LogP contribution in [0.2, 0.25) is 0 Å². The zero-order valence-electron chi connectivity index (χ0n) is 23.9. The zero-order chi connectivity index (χ0) is 24.5. The molecule has 0 aliphatic carbocycles. The van der Waals surface area contributed by atoms with Crippen molar-refractivity contribution in [2.45, 2.75) is 188 Å². The van der Waals surface area contributed by atoms with Crippen molar-refractivity contribution in [1.82, 2.24) is 4.57 Å². The predicted molar refractivity (Wildman–Crippen MR) is 152 cm³/mol. The second kappa shape index (κ2) is 23.9. The lowest BCUT2D eigenvalue weighted by Gasteiger charge is -2.06. The SMILES string of the molecule is CCCCCCCCCCCCCn1cc[n+](CCCCCCCCCCCCC)c1CCC. The van der Waals surface area contributed by atoms with E-state index in [0.29, 0.717) is 0 Å². The molecule has 2 nitrogen and oxygen atoms in total. The summed E-state index contributed by atoms with van der Waals surface area (Å²) >= 11 is 0. The molecule has 2 heteroatoms. The van der Waals surface area contributed by atoms with Crippen molar-refractivity contribution in [3.05, 3.63) is 18.2 Å². The first-order valence-corrected chi connectivity index (χ1v) is 15.9. The molecule has 0 fully saturated rings. The maximum atomic E-state index is 2.57. The van der Waals surface area contributed by atoms with Crippen LogP contribution in [-0.2, 0) is 19.5 Å². The average Bonchev–Trinajstić information content (AvgIpc) is 3.22. The molecule has 34 heavy (non-hydrogen) atoms. The van der Waals surface area contributed by atoms with Gasteiger partial charge in [0.1, 0.15) is 12.4 Å². The van der Waals surface area contributed by atoms with Crippen LogP contribution < -0.4 is 4.57 Å². The maximum Gasteiger partial charge on any atom is 0.256 e. The highest BCUT2D eigenvalue weighted by Crippen LogP contribution is 2.13. The van der Waals surface area contributed by atoms with Crippen LogP contribution in [0, 0.1) is 0 Å². The van der Waals surface area contributed by atoms with Crippen LogP contribution in [0.5, 0.6) is 0 Å². The lowest BCUT2D eigenvalue weighted by molar-refractivity contribution is -0.704. The molecule has 0 atom stereocenters. The average molecular weight is 476 g/mol. The maximum absolute atomic E-state index is 2.57. The molecule has 0 amide bonds. The minimum atomic E-state index is 1.22. The summed E-state index contributed by atoms with van der Waals surface area (Å²) in [4.78, 5) is 0. The standard InChI is InChI=1S/C32H63N2/c1-4-7-9-11-13-15-17-19-21-23-25-28-33-30-31-34(32(33)27-6-3)29-26-24-22-20-18-16-14-12-10-8-5-2/h30-31H,4-29H2,1-3H3/q+1. The fraction of sp³-hybridized carbons (Fsp3) is 0.906. The van der Waals surface area contributed by atoms with Crippen LogP contribution in [0.25, 0.3) is 0 Å². The van der Waals surface area contributed by atoms with Gasteiger partial charge in [0.15, 0.2) is 0 Å². The predicted octanol–water partition coefficient (Wildman–Crippen LogP) is 10.4. The molecule has 0 saturated heterocycles. The lowest BCUT2D eigenvalue weighted by Crippen LogP contribution is -2.37. The zero-order valence-corrected chi connectivity index (χ0v) is 23.9. The van der Waals surface area contributed by atoms with Gasteiger partial charge in [-0.15, -0.1) is 0 Å². The van der Waals surface area contributed by atoms with Crippen molar-refractivity contribution >= 4 is 0 Å². The van der Waals surface area contributed by atoms with Gasteiger partial charge in [-0.1, -0.05) is 136 Å². The van der Waals surface area contributed by atoms with E-state index in [1.807, 2.05) is 0 Å². The number of aromatic nitrogens is 2. The third kappa shape index (κ3) is 16.8. The third-order valence-corrected chi connectivity index (χ3v) is 7.57. The first-order chi connectivity index (χ1) is 16.8. The summed E-state index contributed by atoms with van der Waals surface area (Å²) in [5, 5.41) is 0. The number of imidazole rings is 1. The number of nitrogens with zero attached hydrogens (tertiary/aromatic N) is 2. The summed E-state index contributed by atoms with van der Waals surface area (Å²) in [5.41, 5.74) is 0. The molecule has 0 aliphatic heterocycles. The van der Waals surface area contributed by atoms with Crippen LogP contribution in [0.3, 0.4) is 0 Å². The van der Waals surface area contributed by atoms with E-state index in [0.717, 1.165) is 0 Å². The summed E-state index contributed by atoms with van der Waals surface area (Å²) in [6, 6.07) is 0. The van der Waals surface area contributed by atoms with E-state index >= 15 is 0 Å². The Hall–Kier alpha value is -0.790. The Labute approximate surface area is 215 Å². The Kier molecular flexibility index (Phi) is 22.0. The van der Waals surface area contributed by atoms with Crippen molar-refractivity contribution < 1.29 is 4.57 Å². The van der Waals surface area contributed by atoms with Gasteiger partial charge in [0, 0.05) is 6.42 Å². The molecule has 0 aliphatic rings. The van der Waals surface area contributed by atoms with Crippen LogP contribution in [0.4, 0.5) is 0 Å². The van der Waals surface area contributed by atoms with Gasteiger partial charge >= 0.3 is 0 Å². The molecule has 0 radical (unpaired) electrons. The second-order valence-electron chi connectivity index (χ2n) is 10.9. The lowest BCUT2D eigenvalue weighted by atomic mass is 10.1. The van der Waals surface area contributed by atoms with E-state index in [-0.39, 0.29) is 0 Å². The summed E-state index contributed by atoms with van der Waals surface area (Å²) in [7, 11) is 0. The molecule has 200 valence electrons. The minimum Gasteiger partial charge on any atom is -0.234 e. The van der Waals surface area contributed by atoms with Crippen molar-refractivity contribution in [3.63, 3.8) is 0 Å². The van der Waals surface area contributed by atoms with Crippen LogP contribution >= 0.6 is 0 Å². The number of unbranched alkanes of at least 4 members (excludes halogenated alkanes) is 20. The molecule has 1 rings (SSSR count). The van der Waals surface area contributed by atoms with Gasteiger partial charge in [0.05, 0.1) is 13.1 Å². The van der Waals surface area contributed by atoms with Gasteiger partial charge in [0.25, 0.3) is 5.82 Å². The van der Waals surface area contributed by atoms with E-state index in [2.05, 4.69) is 42.3 Å². The molecular formula is C32H63N2+. The van der Waals surface area contributed by atoms with E-state index in [9.17, 15) is 0 Å². The van der Waals surface area contributed by atoms with Crippen molar-refractivity contribution in [1.29, 1.82) is 0 Å². The number of hydrogen-bond acceptors (Lipinski definition) is 0. The van der Waals surface area contributed by atoms with Crippen molar-refractivity contribution in [3.8, 4) is 0 Å². The number of hydrogen-bond donors (Lipinski definition) is 0. The highest BCUT2D eigenvalue weighted by Gasteiger charge is 2.15. The van der Waals surface area contributed by atoms with Crippen LogP contribution in [-0.4, -0.2) is 4.57 Å². The van der Waals surface area contributed by atoms with Gasteiger partial charge in [-0.05, 0) is 32.1 Å². The van der Waals surface area contributed by atoms with E-state index in [4.69, 9.17) is 0 Å². The highest BCUT2D eigenvalue weighted by atomic mass is 15.1. The monoisotopic (exact) mass is 475 g/mol. The summed E-state index contributed by atoms with van der Waals surface area (Å²) in [6.07, 6.45) is 38.6. The molecule has 0 unspecified atom stereocenters. The Morgan fingerprint density at radius 2 is 0.912 bits per heavy atom. The highest BCUT2D eigenvalue weighted by molar-refractivity contribution is 4.84. The molecule has 0 saturated carbocycles. The summed E-state index contributed by atoms with van der Waals surface area (Å²) in [6.45, 7) is 9.37. The van der Waals surface area contributed by atoms with Gasteiger partial charge in [-0.2, -0.15) is 0 Å². The largest absolute Gasteiger partial charge is 0.256 e. The molecule has 0 aromatic carbocycles. The normalized spacial score (nSPS) is 11.5. The van der Waals surface area contributed by atoms with Crippen molar-refractivity contribution in [2.24, 2.45) is 0 Å². The first-order valence-electron chi connectivity index (χ1n) is 15.9. The van der Waals surface area contributed by atoms with E-state index in [1.165, 1.54) is 167 Å². The fourth-order valence-electron chi connectivity index (χ4n) is 5.31. The van der Waals surface area contributed by atoms with Gasteiger partial charge in [0.2, 0.25) is 0 Å². The van der Waals surface area contributed by atoms with Gasteiger partial charge in [-0.3, -0.25) is 0 Å². The minimum absolute atomic E-state index is 1.22. The number of aryl methyl sites for hydroxylation is 2. The topological polar surface area (TPSA) is 8.81 Å². The Bertz CT molecular complexity index is 490. The fourth-order valence-corrected chi connectivity index (χ4v) is 5.31. The summed E-state index contributed by atoms with van der Waals surface area (Å²) in [5.74, 6) is 1.57. The number of rotatable bonds is 26. The smallest absolute Gasteiger partial charge is 0.234 e. The van der Waals surface area contributed by atoms with Crippen LogP contribution in [0.15, 0.2) is 12.4 Å². The quantitative estimate of drug-likeness (QED) is 0.0930. The van der Waals surface area contributed by atoms with Crippen molar-refractivity contribution in [2.75, 3.05) is 0 Å². The van der Waals surface area contributed by atoms with E-state index in [1.54, 1.807) is 5.82 Å². The molecule has 1 aromatic heterocycles. The molecular weight excluding hydrogens is 412 g/mol. The van der Waals surface area contributed by atoms with Crippen LogP contribution in [0.1, 0.15) is 174 Å². The first kappa shape index (κ1) is 31.2. The molecule has 1 heterocycles. The molecule has 0 spiro atoms. The van der Waals surface area contributed by atoms with Gasteiger partial charge in [-0.25, -0.2) is 9.13 Å². The molecule has 0 bridgehead atoms. The Balaban J connectivity index is 2.09. The van der Waals surface area contributed by atoms with E-state index < -0.39 is 0 Å². The molecule has 1 aromatic rings. The third-order valence-electron chi connectivity index (χ3n) is 7.57. The Morgan fingerprint density at radius 3 is 1.35 bits per heavy atom. The van der Waals surface area contributed by atoms with Gasteiger partial charge < -0.3 is 0 Å². The second-order valence-corrected chi connectivity index (χ2v) is 10.9. The summed E-state index contributed by atoms with van der Waals surface area (Å²) < 4.78 is 5.13. The Morgan fingerprint density at radius 1 is 0.500 bits per heavy atom.